The van der Waals surface area contributed by atoms with Crippen molar-refractivity contribution < 1.29 is 18.3 Å². The Balaban J connectivity index is 1.75. The predicted molar refractivity (Wildman–Crippen MR) is 110 cm³/mol. The second kappa shape index (κ2) is 9.30. The first-order valence-corrected chi connectivity index (χ1v) is 9.35. The molecule has 0 fully saturated rings. The number of alkyl halides is 2. The zero-order valence-electron chi connectivity index (χ0n) is 16.5. The van der Waals surface area contributed by atoms with Crippen molar-refractivity contribution in [1.29, 1.82) is 0 Å². The Morgan fingerprint density at radius 3 is 2.53 bits per heavy atom. The van der Waals surface area contributed by atoms with Crippen LogP contribution < -0.4 is 10.3 Å². The van der Waals surface area contributed by atoms with Gasteiger partial charge in [-0.2, -0.15) is 8.78 Å². The first kappa shape index (κ1) is 21.2. The van der Waals surface area contributed by atoms with Gasteiger partial charge in [-0.15, -0.1) is 0 Å². The first-order chi connectivity index (χ1) is 14.3. The van der Waals surface area contributed by atoms with Gasteiger partial charge in [0, 0.05) is 12.1 Å². The number of fused-ring (bicyclic) bond motifs is 1. The molecule has 0 aliphatic heterocycles. The molecule has 1 aromatic heterocycles. The van der Waals surface area contributed by atoms with Gasteiger partial charge in [0.15, 0.2) is 0 Å². The van der Waals surface area contributed by atoms with E-state index in [-0.39, 0.29) is 29.8 Å². The molecule has 6 nitrogen and oxygen atoms in total. The molecule has 2 aromatic carbocycles. The summed E-state index contributed by atoms with van der Waals surface area (Å²) >= 11 is 0. The highest BCUT2D eigenvalue weighted by atomic mass is 19.3. The molecular weight excluding hydrogens is 392 g/mol. The number of aromatic amines is 1. The van der Waals surface area contributed by atoms with Gasteiger partial charge in [0.05, 0.1) is 17.4 Å². The summed E-state index contributed by atoms with van der Waals surface area (Å²) < 4.78 is 28.7. The van der Waals surface area contributed by atoms with Gasteiger partial charge in [-0.3, -0.25) is 9.59 Å². The molecule has 0 radical (unpaired) electrons. The van der Waals surface area contributed by atoms with Crippen molar-refractivity contribution in [1.82, 2.24) is 14.9 Å². The Morgan fingerprint density at radius 1 is 1.17 bits per heavy atom. The van der Waals surface area contributed by atoms with Crippen LogP contribution in [0, 0.1) is 0 Å². The van der Waals surface area contributed by atoms with Crippen molar-refractivity contribution >= 4 is 22.9 Å². The van der Waals surface area contributed by atoms with Gasteiger partial charge in [-0.25, -0.2) is 4.98 Å². The van der Waals surface area contributed by atoms with Crippen LogP contribution in [-0.4, -0.2) is 33.4 Å². The SMILES string of the molecule is CC(C)N(Cc1nc2ccccc2c(=O)[nH]1)C(=O)/C=C/c1ccc(OC(F)F)cc1. The highest BCUT2D eigenvalue weighted by Crippen LogP contribution is 2.16. The molecular formula is C22H21F2N3O3. The fraction of sp³-hybridized carbons (Fsp3) is 0.227. The number of para-hydroxylation sites is 1. The largest absolute Gasteiger partial charge is 0.435 e. The number of carbonyl (C=O) groups excluding carboxylic acids is 1. The molecule has 30 heavy (non-hydrogen) atoms. The molecule has 0 bridgehead atoms. The van der Waals surface area contributed by atoms with Gasteiger partial charge in [-0.1, -0.05) is 24.3 Å². The molecule has 0 spiro atoms. The maximum Gasteiger partial charge on any atom is 0.387 e. The van der Waals surface area contributed by atoms with E-state index in [0.29, 0.717) is 22.3 Å². The quantitative estimate of drug-likeness (QED) is 0.595. The lowest BCUT2D eigenvalue weighted by Gasteiger charge is -2.25. The summed E-state index contributed by atoms with van der Waals surface area (Å²) in [7, 11) is 0. The molecule has 1 amide bonds. The monoisotopic (exact) mass is 413 g/mol. The summed E-state index contributed by atoms with van der Waals surface area (Å²) in [6, 6.07) is 12.8. The van der Waals surface area contributed by atoms with Crippen LogP contribution in [0.2, 0.25) is 0 Å². The van der Waals surface area contributed by atoms with Crippen molar-refractivity contribution in [2.24, 2.45) is 0 Å². The minimum atomic E-state index is -2.89. The minimum absolute atomic E-state index is 0.0450. The fourth-order valence-electron chi connectivity index (χ4n) is 2.91. The Kier molecular flexibility index (Phi) is 6.56. The van der Waals surface area contributed by atoms with Gasteiger partial charge < -0.3 is 14.6 Å². The number of halogens is 2. The van der Waals surface area contributed by atoms with E-state index in [1.165, 1.54) is 18.2 Å². The zero-order chi connectivity index (χ0) is 21.7. The van der Waals surface area contributed by atoms with E-state index < -0.39 is 6.61 Å². The third-order valence-electron chi connectivity index (χ3n) is 4.41. The summed E-state index contributed by atoms with van der Waals surface area (Å²) in [5, 5.41) is 0.489. The Labute approximate surface area is 171 Å². The molecule has 0 aliphatic rings. The van der Waals surface area contributed by atoms with Crippen LogP contribution in [0.3, 0.4) is 0 Å². The molecule has 8 heteroatoms. The lowest BCUT2D eigenvalue weighted by atomic mass is 10.2. The third-order valence-corrected chi connectivity index (χ3v) is 4.41. The molecule has 0 atom stereocenters. The Hall–Kier alpha value is -3.55. The molecule has 156 valence electrons. The van der Waals surface area contributed by atoms with E-state index in [2.05, 4.69) is 14.7 Å². The van der Waals surface area contributed by atoms with E-state index in [1.54, 1.807) is 47.4 Å². The van der Waals surface area contributed by atoms with Gasteiger partial charge in [-0.05, 0) is 49.8 Å². The van der Waals surface area contributed by atoms with Gasteiger partial charge in [0.25, 0.3) is 5.56 Å². The number of hydrogen-bond donors (Lipinski definition) is 1. The fourth-order valence-corrected chi connectivity index (χ4v) is 2.91. The van der Waals surface area contributed by atoms with Crippen molar-refractivity contribution in [2.45, 2.75) is 33.0 Å². The summed E-state index contributed by atoms with van der Waals surface area (Å²) in [4.78, 5) is 33.7. The summed E-state index contributed by atoms with van der Waals surface area (Å²) in [5.41, 5.74) is 0.966. The Bertz CT molecular complexity index is 1110. The molecule has 0 unspecified atom stereocenters. The molecule has 1 N–H and O–H groups in total. The average Bonchev–Trinajstić information content (AvgIpc) is 2.71. The number of benzene rings is 2. The number of nitrogens with one attached hydrogen (secondary N) is 1. The molecule has 3 rings (SSSR count). The van der Waals surface area contributed by atoms with Crippen LogP contribution in [0.1, 0.15) is 25.2 Å². The summed E-state index contributed by atoms with van der Waals surface area (Å²) in [6.45, 7) is 0.980. The Morgan fingerprint density at radius 2 is 1.87 bits per heavy atom. The smallest absolute Gasteiger partial charge is 0.387 e. The number of rotatable bonds is 7. The highest BCUT2D eigenvalue weighted by molar-refractivity contribution is 5.92. The number of amides is 1. The topological polar surface area (TPSA) is 75.3 Å². The predicted octanol–water partition coefficient (Wildman–Crippen LogP) is 3.97. The van der Waals surface area contributed by atoms with Crippen LogP contribution in [-0.2, 0) is 11.3 Å². The highest BCUT2D eigenvalue weighted by Gasteiger charge is 2.17. The van der Waals surface area contributed by atoms with E-state index in [1.807, 2.05) is 13.8 Å². The number of nitrogens with zero attached hydrogens (tertiary/aromatic N) is 2. The molecule has 0 saturated heterocycles. The minimum Gasteiger partial charge on any atom is -0.435 e. The lowest BCUT2D eigenvalue weighted by molar-refractivity contribution is -0.128. The lowest BCUT2D eigenvalue weighted by Crippen LogP contribution is -2.36. The number of ether oxygens (including phenoxy) is 1. The van der Waals surface area contributed by atoms with Crippen LogP contribution in [0.15, 0.2) is 59.4 Å². The van der Waals surface area contributed by atoms with Crippen molar-refractivity contribution in [3.63, 3.8) is 0 Å². The number of aromatic nitrogens is 2. The average molecular weight is 413 g/mol. The maximum absolute atomic E-state index is 12.7. The second-order valence-electron chi connectivity index (χ2n) is 6.87. The van der Waals surface area contributed by atoms with Gasteiger partial charge in [0.1, 0.15) is 11.6 Å². The number of hydrogen-bond acceptors (Lipinski definition) is 4. The maximum atomic E-state index is 12.7. The number of carbonyl (C=O) groups is 1. The third kappa shape index (κ3) is 5.28. The van der Waals surface area contributed by atoms with Crippen LogP contribution >= 0.6 is 0 Å². The van der Waals surface area contributed by atoms with E-state index >= 15 is 0 Å². The van der Waals surface area contributed by atoms with Gasteiger partial charge in [0.2, 0.25) is 5.91 Å². The van der Waals surface area contributed by atoms with Crippen molar-refractivity contribution in [2.75, 3.05) is 0 Å². The van der Waals surface area contributed by atoms with E-state index in [4.69, 9.17) is 0 Å². The first-order valence-electron chi connectivity index (χ1n) is 9.35. The summed E-state index contributed by atoms with van der Waals surface area (Å²) in [5.74, 6) is 0.167. The van der Waals surface area contributed by atoms with Crippen molar-refractivity contribution in [3.05, 3.63) is 76.3 Å². The van der Waals surface area contributed by atoms with Crippen LogP contribution in [0.25, 0.3) is 17.0 Å². The molecule has 0 saturated carbocycles. The normalized spacial score (nSPS) is 11.5. The zero-order valence-corrected chi connectivity index (χ0v) is 16.5. The van der Waals surface area contributed by atoms with Crippen LogP contribution in [0.4, 0.5) is 8.78 Å². The second-order valence-corrected chi connectivity index (χ2v) is 6.87. The van der Waals surface area contributed by atoms with Gasteiger partial charge >= 0.3 is 6.61 Å². The van der Waals surface area contributed by atoms with Crippen LogP contribution in [0.5, 0.6) is 5.75 Å². The van der Waals surface area contributed by atoms with E-state index in [0.717, 1.165) is 0 Å². The molecule has 1 heterocycles. The standard InChI is InChI=1S/C22H21F2N3O3/c1-14(2)27(13-19-25-18-6-4-3-5-17(18)21(29)26-19)20(28)12-9-15-7-10-16(11-8-15)30-22(23)24/h3-12,14,22H,13H2,1-2H3,(H,25,26,29)/b12-9+. The van der Waals surface area contributed by atoms with Crippen molar-refractivity contribution in [3.8, 4) is 5.75 Å². The number of H-pyrrole nitrogens is 1. The molecule has 0 aliphatic carbocycles. The summed E-state index contributed by atoms with van der Waals surface area (Å²) in [6.07, 6.45) is 2.97. The molecule has 3 aromatic rings. The van der Waals surface area contributed by atoms with E-state index in [9.17, 15) is 18.4 Å².